The fourth-order valence-corrected chi connectivity index (χ4v) is 5.76. The number of para-hydroxylation sites is 1. The summed E-state index contributed by atoms with van der Waals surface area (Å²) < 4.78 is 39.3. The molecule has 2 heterocycles. The number of rotatable bonds is 7. The van der Waals surface area contributed by atoms with E-state index in [1.807, 2.05) is 36.4 Å². The first-order valence-corrected chi connectivity index (χ1v) is 14.4. The normalized spacial score (nSPS) is 16.2. The summed E-state index contributed by atoms with van der Waals surface area (Å²) >= 11 is 0. The molecule has 0 atom stereocenters. The Balaban J connectivity index is 1.52. The molecule has 2 aliphatic rings. The van der Waals surface area contributed by atoms with Crippen LogP contribution in [0.15, 0.2) is 63.8 Å². The molecule has 1 aliphatic heterocycles. The van der Waals surface area contributed by atoms with E-state index in [2.05, 4.69) is 54.5 Å². The maximum atomic E-state index is 12.9. The van der Waals surface area contributed by atoms with E-state index in [9.17, 15) is 13.2 Å². The molecule has 0 amide bonds. The summed E-state index contributed by atoms with van der Waals surface area (Å²) in [7, 11) is -3.99. The fourth-order valence-electron chi connectivity index (χ4n) is 5.19. The zero-order valence-corrected chi connectivity index (χ0v) is 22.3. The van der Waals surface area contributed by atoms with E-state index in [1.165, 1.54) is 0 Å². The van der Waals surface area contributed by atoms with Gasteiger partial charge in [0.1, 0.15) is 12.1 Å². The number of allylic oxidation sites excluding steroid dienone is 2. The van der Waals surface area contributed by atoms with Gasteiger partial charge < -0.3 is 4.42 Å². The molecule has 38 heavy (non-hydrogen) atoms. The van der Waals surface area contributed by atoms with Crippen LogP contribution in [0.1, 0.15) is 61.8 Å². The lowest BCUT2D eigenvalue weighted by Gasteiger charge is -2.15. The lowest BCUT2D eigenvalue weighted by molar-refractivity contribution is -0.438. The van der Waals surface area contributed by atoms with Crippen LogP contribution < -0.4 is 5.63 Å². The highest BCUT2D eigenvalue weighted by atomic mass is 32.2. The van der Waals surface area contributed by atoms with Gasteiger partial charge in [-0.25, -0.2) is 4.79 Å². The molecule has 194 valence electrons. The van der Waals surface area contributed by atoms with Crippen molar-refractivity contribution in [3.63, 3.8) is 0 Å². The van der Waals surface area contributed by atoms with Crippen molar-refractivity contribution in [3.8, 4) is 11.8 Å². The standard InChI is InChI=1S/C31H29NO5S/c1-31(2)26-13-7-8-14-27(26)32(17-9-10-18-38(34,35)36)29(31)16-15-24-20-25-19-22-11-5-3-4-6-12-23(22)21-28(25)37-30(24)33/h5,7-8,11,13-16,19-21H,3-4,9-10,17-18H2,1-2H3/p+1. The first-order chi connectivity index (χ1) is 18.1. The summed E-state index contributed by atoms with van der Waals surface area (Å²) in [4.78, 5) is 12.9. The predicted molar refractivity (Wildman–Crippen MR) is 152 cm³/mol. The van der Waals surface area contributed by atoms with Crippen molar-refractivity contribution in [3.05, 3.63) is 87.3 Å². The van der Waals surface area contributed by atoms with Gasteiger partial charge in [0.15, 0.2) is 5.71 Å². The van der Waals surface area contributed by atoms with Crippen molar-refractivity contribution in [1.82, 2.24) is 0 Å². The summed E-state index contributed by atoms with van der Waals surface area (Å²) in [6, 6.07) is 13.8. The zero-order valence-electron chi connectivity index (χ0n) is 21.5. The highest BCUT2D eigenvalue weighted by Crippen LogP contribution is 2.40. The van der Waals surface area contributed by atoms with Crippen LogP contribution in [0.25, 0.3) is 23.1 Å². The molecule has 1 aromatic heterocycles. The molecule has 6 nitrogen and oxygen atoms in total. The maximum absolute atomic E-state index is 12.9. The van der Waals surface area contributed by atoms with Crippen LogP contribution in [-0.2, 0) is 15.5 Å². The minimum absolute atomic E-state index is 0.264. The Kier molecular flexibility index (Phi) is 6.95. The lowest BCUT2D eigenvalue weighted by Crippen LogP contribution is -2.28. The SMILES string of the molecule is CC1(C)C(C=Cc2cc3cc4c(cc3oc2=O)C#CCCC=C4)=[N+](CCCCS(=O)(=O)O)c2ccccc21. The zero-order chi connectivity index (χ0) is 26.9. The number of fused-ring (bicyclic) bond motifs is 3. The largest absolute Gasteiger partial charge is 0.422 e. The van der Waals surface area contributed by atoms with Crippen LogP contribution in [0.4, 0.5) is 5.69 Å². The van der Waals surface area contributed by atoms with Crippen LogP contribution in [0.5, 0.6) is 0 Å². The molecule has 3 aromatic rings. The molecule has 0 spiro atoms. The van der Waals surface area contributed by atoms with Gasteiger partial charge >= 0.3 is 5.63 Å². The molecule has 0 radical (unpaired) electrons. The topological polar surface area (TPSA) is 87.6 Å². The molecule has 0 unspecified atom stereocenters. The molecule has 7 heteroatoms. The molecule has 0 fully saturated rings. The predicted octanol–water partition coefficient (Wildman–Crippen LogP) is 5.71. The van der Waals surface area contributed by atoms with Crippen LogP contribution in [0, 0.1) is 11.8 Å². The van der Waals surface area contributed by atoms with Crippen LogP contribution in [0.3, 0.4) is 0 Å². The van der Waals surface area contributed by atoms with Gasteiger partial charge in [0.05, 0.1) is 16.7 Å². The van der Waals surface area contributed by atoms with E-state index < -0.39 is 15.7 Å². The Labute approximate surface area is 222 Å². The highest BCUT2D eigenvalue weighted by molar-refractivity contribution is 7.85. The van der Waals surface area contributed by atoms with Crippen molar-refractivity contribution < 1.29 is 22.0 Å². The quantitative estimate of drug-likeness (QED) is 0.140. The molecule has 0 bridgehead atoms. The van der Waals surface area contributed by atoms with Gasteiger partial charge in [-0.2, -0.15) is 13.0 Å². The van der Waals surface area contributed by atoms with E-state index >= 15 is 0 Å². The number of hydrogen-bond acceptors (Lipinski definition) is 4. The van der Waals surface area contributed by atoms with Gasteiger partial charge in [0.25, 0.3) is 10.1 Å². The molecular formula is C31H30NO5S+. The molecule has 0 saturated carbocycles. The van der Waals surface area contributed by atoms with E-state index in [0.29, 0.717) is 30.5 Å². The van der Waals surface area contributed by atoms with Crippen molar-refractivity contribution >= 4 is 44.6 Å². The minimum Gasteiger partial charge on any atom is -0.422 e. The molecule has 5 rings (SSSR count). The maximum Gasteiger partial charge on any atom is 0.343 e. The smallest absolute Gasteiger partial charge is 0.343 e. The van der Waals surface area contributed by atoms with Crippen LogP contribution >= 0.6 is 0 Å². The van der Waals surface area contributed by atoms with Gasteiger partial charge in [-0.3, -0.25) is 4.55 Å². The van der Waals surface area contributed by atoms with Gasteiger partial charge in [0.2, 0.25) is 5.69 Å². The monoisotopic (exact) mass is 528 g/mol. The summed E-state index contributed by atoms with van der Waals surface area (Å²) in [5.74, 6) is 6.06. The summed E-state index contributed by atoms with van der Waals surface area (Å²) in [5, 5.41) is 0.830. The number of unbranched alkanes of at least 4 members (excludes halogenated alkanes) is 1. The third kappa shape index (κ3) is 5.28. The van der Waals surface area contributed by atoms with Gasteiger partial charge in [0, 0.05) is 41.5 Å². The second kappa shape index (κ2) is 10.2. The lowest BCUT2D eigenvalue weighted by atomic mass is 9.81. The first-order valence-electron chi connectivity index (χ1n) is 12.8. The van der Waals surface area contributed by atoms with Crippen molar-refractivity contribution in [2.45, 2.75) is 44.9 Å². The summed E-state index contributed by atoms with van der Waals surface area (Å²) in [6.45, 7) is 4.86. The van der Waals surface area contributed by atoms with Gasteiger partial charge in [-0.05, 0) is 56.5 Å². The second-order valence-electron chi connectivity index (χ2n) is 10.2. The molecule has 0 saturated heterocycles. The number of hydrogen-bond donors (Lipinski definition) is 1. The van der Waals surface area contributed by atoms with Crippen molar-refractivity contribution in [2.24, 2.45) is 0 Å². The van der Waals surface area contributed by atoms with E-state index in [1.54, 1.807) is 6.08 Å². The number of nitrogens with zero attached hydrogens (tertiary/aromatic N) is 1. The highest BCUT2D eigenvalue weighted by Gasteiger charge is 2.43. The third-order valence-corrected chi connectivity index (χ3v) is 7.95. The number of benzene rings is 2. The molecule has 1 N–H and O–H groups in total. The van der Waals surface area contributed by atoms with Crippen LogP contribution in [-0.4, -0.2) is 35.6 Å². The van der Waals surface area contributed by atoms with Crippen LogP contribution in [0.2, 0.25) is 0 Å². The Morgan fingerprint density at radius 1 is 1.13 bits per heavy atom. The summed E-state index contributed by atoms with van der Waals surface area (Å²) in [5.41, 5.74) is 5.29. The Morgan fingerprint density at radius 2 is 1.95 bits per heavy atom. The molecular weight excluding hydrogens is 498 g/mol. The molecule has 1 aliphatic carbocycles. The molecule has 2 aromatic carbocycles. The summed E-state index contributed by atoms with van der Waals surface area (Å²) in [6.07, 6.45) is 10.6. The Morgan fingerprint density at radius 3 is 2.76 bits per heavy atom. The van der Waals surface area contributed by atoms with E-state index in [0.717, 1.165) is 46.3 Å². The average Bonchev–Trinajstić information content (AvgIpc) is 3.06. The minimum atomic E-state index is -3.99. The van der Waals surface area contributed by atoms with Crippen molar-refractivity contribution in [2.75, 3.05) is 12.3 Å². The van der Waals surface area contributed by atoms with E-state index in [4.69, 9.17) is 8.97 Å². The third-order valence-electron chi connectivity index (χ3n) is 7.14. The second-order valence-corrected chi connectivity index (χ2v) is 11.8. The Bertz CT molecular complexity index is 1740. The van der Waals surface area contributed by atoms with Gasteiger partial charge in [-0.15, -0.1) is 0 Å². The first kappa shape index (κ1) is 25.9. The fraction of sp³-hybridized carbons (Fsp3) is 0.290. The Hall–Kier alpha value is -3.73. The average molecular weight is 529 g/mol. The van der Waals surface area contributed by atoms with Crippen molar-refractivity contribution in [1.29, 1.82) is 0 Å². The van der Waals surface area contributed by atoms with E-state index in [-0.39, 0.29) is 11.2 Å². The van der Waals surface area contributed by atoms with Gasteiger partial charge in [-0.1, -0.05) is 42.2 Å².